The second kappa shape index (κ2) is 5.02. The molecule has 0 bridgehead atoms. The molecule has 0 radical (unpaired) electrons. The Kier molecular flexibility index (Phi) is 3.96. The Bertz CT molecular complexity index is 360. The van der Waals surface area contributed by atoms with Crippen LogP contribution < -0.4 is 5.32 Å². The van der Waals surface area contributed by atoms with E-state index in [0.29, 0.717) is 0 Å². The highest BCUT2D eigenvalue weighted by Crippen LogP contribution is 2.08. The van der Waals surface area contributed by atoms with Crippen molar-refractivity contribution >= 4 is 17.5 Å². The first-order chi connectivity index (χ1) is 7.00. The van der Waals surface area contributed by atoms with Gasteiger partial charge in [-0.1, -0.05) is 11.6 Å². The average molecular weight is 235 g/mol. The summed E-state index contributed by atoms with van der Waals surface area (Å²) in [6, 6.07) is 1.53. The molecule has 15 heavy (non-hydrogen) atoms. The third-order valence-corrected chi connectivity index (χ3v) is 1.93. The van der Waals surface area contributed by atoms with E-state index in [1.165, 1.54) is 25.3 Å². The number of carbonyl (C=O) groups excluding carboxylic acids is 1. The zero-order chi connectivity index (χ0) is 11.4. The van der Waals surface area contributed by atoms with Crippen LogP contribution in [-0.4, -0.2) is 23.4 Å². The topological polar surface area (TPSA) is 42.0 Å². The highest BCUT2D eigenvalue weighted by Gasteiger charge is 2.17. The number of amides is 1. The summed E-state index contributed by atoms with van der Waals surface area (Å²) in [5.41, 5.74) is 0.211. The molecule has 3 nitrogen and oxygen atoms in total. The number of carbonyl (C=O) groups is 1. The maximum Gasteiger partial charge on any atom is 0.258 e. The largest absolute Gasteiger partial charge is 0.344 e. The summed E-state index contributed by atoms with van der Waals surface area (Å²) in [4.78, 5) is 15.1. The minimum Gasteiger partial charge on any atom is -0.344 e. The van der Waals surface area contributed by atoms with Crippen molar-refractivity contribution in [2.24, 2.45) is 0 Å². The summed E-state index contributed by atoms with van der Waals surface area (Å²) in [5, 5.41) is 2.29. The predicted octanol–water partition coefficient (Wildman–Crippen LogP) is 2.12. The Labute approximate surface area is 90.5 Å². The zero-order valence-electron chi connectivity index (χ0n) is 7.88. The molecular weight excluding hydrogens is 226 g/mol. The zero-order valence-corrected chi connectivity index (χ0v) is 8.63. The number of nitrogens with one attached hydrogen (secondary N) is 1. The summed E-state index contributed by atoms with van der Waals surface area (Å²) in [6.07, 6.45) is -1.25. The molecule has 82 valence electrons. The van der Waals surface area contributed by atoms with Crippen molar-refractivity contribution in [2.75, 3.05) is 0 Å². The molecule has 1 N–H and O–H groups in total. The molecule has 0 fully saturated rings. The van der Waals surface area contributed by atoms with Gasteiger partial charge < -0.3 is 5.32 Å². The van der Waals surface area contributed by atoms with Crippen LogP contribution in [0.25, 0.3) is 0 Å². The summed E-state index contributed by atoms with van der Waals surface area (Å²) >= 11 is 5.55. The lowest BCUT2D eigenvalue weighted by molar-refractivity contribution is 0.0780. The molecular formula is C9H9ClF2N2O. The second-order valence-corrected chi connectivity index (χ2v) is 3.35. The van der Waals surface area contributed by atoms with Crippen LogP contribution in [-0.2, 0) is 0 Å². The standard InChI is InChI=1S/C9H9ClF2N2O/c1-5(8(11)12)14-9(15)6-2-3-13-7(10)4-6/h2-5,8H,1H3,(H,14,15). The SMILES string of the molecule is CC(NC(=O)c1ccnc(Cl)c1)C(F)F. The van der Waals surface area contributed by atoms with Crippen molar-refractivity contribution in [1.82, 2.24) is 10.3 Å². The van der Waals surface area contributed by atoms with Crippen molar-refractivity contribution in [2.45, 2.75) is 19.4 Å². The smallest absolute Gasteiger partial charge is 0.258 e. The average Bonchev–Trinajstić information content (AvgIpc) is 2.17. The maximum absolute atomic E-state index is 12.1. The lowest BCUT2D eigenvalue weighted by Crippen LogP contribution is -2.37. The van der Waals surface area contributed by atoms with E-state index in [0.717, 1.165) is 0 Å². The second-order valence-electron chi connectivity index (χ2n) is 2.96. The molecule has 0 aliphatic heterocycles. The molecule has 6 heteroatoms. The first-order valence-electron chi connectivity index (χ1n) is 4.21. The van der Waals surface area contributed by atoms with Crippen molar-refractivity contribution < 1.29 is 13.6 Å². The van der Waals surface area contributed by atoms with E-state index in [4.69, 9.17) is 11.6 Å². The number of hydrogen-bond donors (Lipinski definition) is 1. The van der Waals surface area contributed by atoms with Crippen LogP contribution in [0.2, 0.25) is 5.15 Å². The number of nitrogens with zero attached hydrogens (tertiary/aromatic N) is 1. The molecule has 0 saturated carbocycles. The van der Waals surface area contributed by atoms with Gasteiger partial charge in [0.15, 0.2) is 0 Å². The lowest BCUT2D eigenvalue weighted by atomic mass is 10.2. The predicted molar refractivity (Wildman–Crippen MR) is 52.2 cm³/mol. The van der Waals surface area contributed by atoms with Gasteiger partial charge in [0.1, 0.15) is 5.15 Å². The molecule has 0 aliphatic carbocycles. The number of alkyl halides is 2. The summed E-state index contributed by atoms with van der Waals surface area (Å²) < 4.78 is 24.3. The summed E-state index contributed by atoms with van der Waals surface area (Å²) in [7, 11) is 0. The molecule has 0 aliphatic rings. The van der Waals surface area contributed by atoms with Gasteiger partial charge in [0, 0.05) is 11.8 Å². The van der Waals surface area contributed by atoms with Gasteiger partial charge in [0.25, 0.3) is 12.3 Å². The van der Waals surface area contributed by atoms with Gasteiger partial charge in [0.2, 0.25) is 0 Å². The Morgan fingerprint density at radius 1 is 1.60 bits per heavy atom. The minimum absolute atomic E-state index is 0.146. The molecule has 1 aromatic rings. The van der Waals surface area contributed by atoms with Gasteiger partial charge in [-0.05, 0) is 19.1 Å². The summed E-state index contributed by atoms with van der Waals surface area (Å²) in [6.45, 7) is 1.23. The molecule has 1 atom stereocenters. The Morgan fingerprint density at radius 3 is 2.80 bits per heavy atom. The Hall–Kier alpha value is -1.23. The van der Waals surface area contributed by atoms with Gasteiger partial charge in [-0.3, -0.25) is 4.79 Å². The van der Waals surface area contributed by atoms with Gasteiger partial charge in [0.05, 0.1) is 6.04 Å². The van der Waals surface area contributed by atoms with E-state index in [2.05, 4.69) is 10.3 Å². The van der Waals surface area contributed by atoms with Crippen LogP contribution >= 0.6 is 11.6 Å². The molecule has 1 unspecified atom stereocenters. The molecule has 1 rings (SSSR count). The third-order valence-electron chi connectivity index (χ3n) is 1.73. The number of hydrogen-bond acceptors (Lipinski definition) is 2. The first-order valence-corrected chi connectivity index (χ1v) is 4.59. The van der Waals surface area contributed by atoms with Crippen molar-refractivity contribution in [3.05, 3.63) is 29.0 Å². The fraction of sp³-hybridized carbons (Fsp3) is 0.333. The molecule has 1 amide bonds. The van der Waals surface area contributed by atoms with Crippen LogP contribution in [0.4, 0.5) is 8.78 Å². The van der Waals surface area contributed by atoms with Crippen LogP contribution in [0.3, 0.4) is 0 Å². The number of rotatable bonds is 3. The molecule has 0 aromatic carbocycles. The third kappa shape index (κ3) is 3.43. The van der Waals surface area contributed by atoms with E-state index in [1.54, 1.807) is 0 Å². The van der Waals surface area contributed by atoms with E-state index >= 15 is 0 Å². The van der Waals surface area contributed by atoms with Crippen molar-refractivity contribution in [3.63, 3.8) is 0 Å². The van der Waals surface area contributed by atoms with E-state index < -0.39 is 18.4 Å². The van der Waals surface area contributed by atoms with Crippen LogP contribution in [0.1, 0.15) is 17.3 Å². The first kappa shape index (κ1) is 11.8. The van der Waals surface area contributed by atoms with E-state index in [9.17, 15) is 13.6 Å². The molecule has 1 heterocycles. The normalized spacial score (nSPS) is 12.6. The highest BCUT2D eigenvalue weighted by molar-refractivity contribution is 6.29. The molecule has 0 spiro atoms. The van der Waals surface area contributed by atoms with Crippen LogP contribution in [0.15, 0.2) is 18.3 Å². The quantitative estimate of drug-likeness (QED) is 0.814. The number of aromatic nitrogens is 1. The van der Waals surface area contributed by atoms with Crippen LogP contribution in [0.5, 0.6) is 0 Å². The fourth-order valence-electron chi connectivity index (χ4n) is 0.897. The number of pyridine rings is 1. The van der Waals surface area contributed by atoms with Crippen molar-refractivity contribution in [1.29, 1.82) is 0 Å². The minimum atomic E-state index is -2.59. The van der Waals surface area contributed by atoms with E-state index in [-0.39, 0.29) is 10.7 Å². The lowest BCUT2D eigenvalue weighted by Gasteiger charge is -2.12. The fourth-order valence-corrected chi connectivity index (χ4v) is 1.07. The molecule has 1 aromatic heterocycles. The summed E-state index contributed by atoms with van der Waals surface area (Å²) in [5.74, 6) is -0.591. The Balaban J connectivity index is 2.69. The van der Waals surface area contributed by atoms with Gasteiger partial charge in [-0.2, -0.15) is 0 Å². The highest BCUT2D eigenvalue weighted by atomic mass is 35.5. The van der Waals surface area contributed by atoms with Gasteiger partial charge in [-0.25, -0.2) is 13.8 Å². The number of halogens is 3. The Morgan fingerprint density at radius 2 is 2.27 bits per heavy atom. The maximum atomic E-state index is 12.1. The van der Waals surface area contributed by atoms with Crippen LogP contribution in [0, 0.1) is 0 Å². The van der Waals surface area contributed by atoms with Crippen molar-refractivity contribution in [3.8, 4) is 0 Å². The monoisotopic (exact) mass is 234 g/mol. The van der Waals surface area contributed by atoms with E-state index in [1.807, 2.05) is 0 Å². The van der Waals surface area contributed by atoms with Gasteiger partial charge >= 0.3 is 0 Å². The van der Waals surface area contributed by atoms with Gasteiger partial charge in [-0.15, -0.1) is 0 Å². The molecule has 0 saturated heterocycles.